The summed E-state index contributed by atoms with van der Waals surface area (Å²) in [7, 11) is 1.78. The number of nitrogens with zero attached hydrogens (tertiary/aromatic N) is 3. The number of aromatic nitrogens is 3. The zero-order valence-electron chi connectivity index (χ0n) is 21.9. The first-order valence-electron chi connectivity index (χ1n) is 12.6. The number of ether oxygens (including phenoxy) is 1. The molecule has 0 unspecified atom stereocenters. The van der Waals surface area contributed by atoms with Crippen molar-refractivity contribution < 1.29 is 14.3 Å². The summed E-state index contributed by atoms with van der Waals surface area (Å²) in [6.45, 7) is 3.51. The van der Waals surface area contributed by atoms with Crippen LogP contribution in [0.3, 0.4) is 0 Å². The maximum Gasteiger partial charge on any atom is 0.340 e. The highest BCUT2D eigenvalue weighted by atomic mass is 16.5. The van der Waals surface area contributed by atoms with Gasteiger partial charge in [0, 0.05) is 12.4 Å². The molecule has 0 fully saturated rings. The van der Waals surface area contributed by atoms with Gasteiger partial charge >= 0.3 is 11.7 Å². The van der Waals surface area contributed by atoms with Crippen LogP contribution < -0.4 is 16.6 Å². The van der Waals surface area contributed by atoms with Crippen LogP contribution in [0, 0.1) is 6.92 Å². The molecule has 5 aromatic rings. The second kappa shape index (κ2) is 10.4. The van der Waals surface area contributed by atoms with Gasteiger partial charge in [0.05, 0.1) is 35.4 Å². The van der Waals surface area contributed by atoms with E-state index in [1.165, 1.54) is 4.57 Å². The fraction of sp³-hybridized carbons (Fsp3) is 0.200. The fourth-order valence-corrected chi connectivity index (χ4v) is 4.88. The first-order valence-corrected chi connectivity index (χ1v) is 12.6. The summed E-state index contributed by atoms with van der Waals surface area (Å²) < 4.78 is 9.36. The molecule has 0 atom stereocenters. The van der Waals surface area contributed by atoms with E-state index in [2.05, 4.69) is 5.32 Å². The molecule has 0 aliphatic rings. The highest BCUT2D eigenvalue weighted by molar-refractivity contribution is 6.07. The standard InChI is InChI=1S/C30H28N4O5/c1-4-39-29(37)21-12-8-9-13-23(21)31-25(35)18-33-26-22-16-19(2)14-15-24(22)32(3)27(26)28(36)34(30(33)38)17-20-10-6-5-7-11-20/h5-16H,4,17-18H2,1-3H3,(H,31,35). The summed E-state index contributed by atoms with van der Waals surface area (Å²) in [5.74, 6) is -1.08. The number of nitrogens with one attached hydrogen (secondary N) is 1. The van der Waals surface area contributed by atoms with Gasteiger partial charge in [0.25, 0.3) is 5.56 Å². The Hall–Kier alpha value is -4.92. The molecule has 1 amide bonds. The Balaban J connectivity index is 1.66. The average molecular weight is 525 g/mol. The van der Waals surface area contributed by atoms with Crippen molar-refractivity contribution in [2.75, 3.05) is 11.9 Å². The van der Waals surface area contributed by atoms with E-state index in [4.69, 9.17) is 4.74 Å². The molecule has 39 heavy (non-hydrogen) atoms. The van der Waals surface area contributed by atoms with Gasteiger partial charge < -0.3 is 14.6 Å². The molecule has 0 spiro atoms. The predicted molar refractivity (Wildman–Crippen MR) is 150 cm³/mol. The van der Waals surface area contributed by atoms with Gasteiger partial charge in [-0.2, -0.15) is 0 Å². The molecular formula is C30H28N4O5. The average Bonchev–Trinajstić information content (AvgIpc) is 3.21. The number of anilines is 1. The van der Waals surface area contributed by atoms with Crippen LogP contribution in [0.1, 0.15) is 28.4 Å². The number of hydrogen-bond acceptors (Lipinski definition) is 5. The largest absolute Gasteiger partial charge is 0.462 e. The van der Waals surface area contributed by atoms with Gasteiger partial charge in [-0.1, -0.05) is 54.1 Å². The van der Waals surface area contributed by atoms with Gasteiger partial charge in [-0.15, -0.1) is 0 Å². The SMILES string of the molecule is CCOC(=O)c1ccccc1NC(=O)Cn1c(=O)n(Cc2ccccc2)c(=O)c2c1c1cc(C)ccc1n2C. The first-order chi connectivity index (χ1) is 18.8. The zero-order chi connectivity index (χ0) is 27.7. The molecule has 2 heterocycles. The van der Waals surface area contributed by atoms with Crippen molar-refractivity contribution in [2.24, 2.45) is 7.05 Å². The van der Waals surface area contributed by atoms with Crippen LogP contribution in [0.15, 0.2) is 82.4 Å². The van der Waals surface area contributed by atoms with Crippen molar-refractivity contribution in [1.29, 1.82) is 0 Å². The summed E-state index contributed by atoms with van der Waals surface area (Å²) in [5, 5.41) is 3.45. The molecule has 0 saturated heterocycles. The van der Waals surface area contributed by atoms with Gasteiger partial charge in [0.2, 0.25) is 5.91 Å². The number of carbonyl (C=O) groups is 2. The minimum absolute atomic E-state index is 0.0578. The Morgan fingerprint density at radius 3 is 2.36 bits per heavy atom. The van der Waals surface area contributed by atoms with Crippen LogP contribution in [-0.4, -0.2) is 32.2 Å². The maximum absolute atomic E-state index is 13.9. The number of esters is 1. The predicted octanol–water partition coefficient (Wildman–Crippen LogP) is 3.83. The van der Waals surface area contributed by atoms with E-state index in [-0.39, 0.29) is 30.9 Å². The van der Waals surface area contributed by atoms with Crippen molar-refractivity contribution in [3.05, 3.63) is 110 Å². The molecular weight excluding hydrogens is 496 g/mol. The number of para-hydroxylation sites is 1. The lowest BCUT2D eigenvalue weighted by molar-refractivity contribution is -0.116. The normalized spacial score (nSPS) is 11.2. The zero-order valence-corrected chi connectivity index (χ0v) is 21.9. The second-order valence-corrected chi connectivity index (χ2v) is 9.34. The fourth-order valence-electron chi connectivity index (χ4n) is 4.88. The van der Waals surface area contributed by atoms with Crippen LogP contribution in [0.25, 0.3) is 21.9 Å². The Labute approximate surface area is 223 Å². The van der Waals surface area contributed by atoms with Crippen molar-refractivity contribution in [3.8, 4) is 0 Å². The Kier molecular flexibility index (Phi) is 6.89. The molecule has 0 radical (unpaired) electrons. The quantitative estimate of drug-likeness (QED) is 0.326. The van der Waals surface area contributed by atoms with Crippen LogP contribution in [0.5, 0.6) is 0 Å². The Morgan fingerprint density at radius 2 is 1.62 bits per heavy atom. The number of amides is 1. The lowest BCUT2D eigenvalue weighted by Gasteiger charge is -2.14. The van der Waals surface area contributed by atoms with E-state index in [0.29, 0.717) is 16.4 Å². The third-order valence-electron chi connectivity index (χ3n) is 6.69. The summed E-state index contributed by atoms with van der Waals surface area (Å²) in [5.41, 5.74) is 2.68. The van der Waals surface area contributed by atoms with E-state index in [9.17, 15) is 19.2 Å². The van der Waals surface area contributed by atoms with Gasteiger partial charge in [-0.05, 0) is 43.7 Å². The van der Waals surface area contributed by atoms with E-state index in [1.54, 1.807) is 42.8 Å². The Morgan fingerprint density at radius 1 is 0.897 bits per heavy atom. The van der Waals surface area contributed by atoms with E-state index in [1.807, 2.05) is 55.5 Å². The van der Waals surface area contributed by atoms with Crippen molar-refractivity contribution in [3.63, 3.8) is 0 Å². The monoisotopic (exact) mass is 524 g/mol. The highest BCUT2D eigenvalue weighted by Crippen LogP contribution is 2.26. The molecule has 198 valence electrons. The molecule has 5 rings (SSSR count). The van der Waals surface area contributed by atoms with Crippen LogP contribution in [0.2, 0.25) is 0 Å². The lowest BCUT2D eigenvalue weighted by atomic mass is 10.1. The molecule has 0 aliphatic heterocycles. The minimum atomic E-state index is -0.598. The molecule has 0 saturated carbocycles. The first kappa shape index (κ1) is 25.7. The molecule has 9 nitrogen and oxygen atoms in total. The van der Waals surface area contributed by atoms with Gasteiger partial charge in [-0.25, -0.2) is 9.59 Å². The summed E-state index contributed by atoms with van der Waals surface area (Å²) in [4.78, 5) is 53.3. The van der Waals surface area contributed by atoms with Crippen LogP contribution >= 0.6 is 0 Å². The lowest BCUT2D eigenvalue weighted by Crippen LogP contribution is -2.42. The van der Waals surface area contributed by atoms with Gasteiger partial charge in [-0.3, -0.25) is 18.7 Å². The molecule has 0 aliphatic carbocycles. The summed E-state index contributed by atoms with van der Waals surface area (Å²) >= 11 is 0. The van der Waals surface area contributed by atoms with Gasteiger partial charge in [0.15, 0.2) is 0 Å². The number of fused-ring (bicyclic) bond motifs is 3. The summed E-state index contributed by atoms with van der Waals surface area (Å²) in [6.07, 6.45) is 0. The maximum atomic E-state index is 13.9. The van der Waals surface area contributed by atoms with Crippen molar-refractivity contribution in [1.82, 2.24) is 13.7 Å². The van der Waals surface area contributed by atoms with Crippen molar-refractivity contribution >= 4 is 39.5 Å². The number of aryl methyl sites for hydroxylation is 2. The number of benzene rings is 3. The number of hydrogen-bond donors (Lipinski definition) is 1. The van der Waals surface area contributed by atoms with E-state index < -0.39 is 23.1 Å². The number of rotatable bonds is 7. The topological polar surface area (TPSA) is 104 Å². The molecule has 1 N–H and O–H groups in total. The molecule has 3 aromatic carbocycles. The second-order valence-electron chi connectivity index (χ2n) is 9.34. The smallest absolute Gasteiger partial charge is 0.340 e. The molecule has 0 bridgehead atoms. The van der Waals surface area contributed by atoms with Crippen LogP contribution in [0.4, 0.5) is 5.69 Å². The van der Waals surface area contributed by atoms with E-state index >= 15 is 0 Å². The molecule has 2 aromatic heterocycles. The van der Waals surface area contributed by atoms with E-state index in [0.717, 1.165) is 21.2 Å². The van der Waals surface area contributed by atoms with Gasteiger partial charge in [0.1, 0.15) is 12.1 Å². The molecule has 9 heteroatoms. The minimum Gasteiger partial charge on any atom is -0.462 e. The van der Waals surface area contributed by atoms with Crippen LogP contribution in [-0.2, 0) is 29.7 Å². The van der Waals surface area contributed by atoms with Crippen molar-refractivity contribution in [2.45, 2.75) is 26.9 Å². The number of carbonyl (C=O) groups excluding carboxylic acids is 2. The Bertz CT molecular complexity index is 1850. The highest BCUT2D eigenvalue weighted by Gasteiger charge is 2.22. The summed E-state index contributed by atoms with van der Waals surface area (Å²) in [6, 6.07) is 21.5. The third kappa shape index (κ3) is 4.74. The third-order valence-corrected chi connectivity index (χ3v) is 6.69.